The van der Waals surface area contributed by atoms with Crippen LogP contribution in [0.2, 0.25) is 5.02 Å². The number of esters is 1. The summed E-state index contributed by atoms with van der Waals surface area (Å²) in [5.74, 6) is -3.35. The van der Waals surface area contributed by atoms with E-state index in [2.05, 4.69) is 34.4 Å². The number of carbonyl (C=O) groups excluding carboxylic acids is 4. The van der Waals surface area contributed by atoms with E-state index in [0.717, 1.165) is 0 Å². The van der Waals surface area contributed by atoms with Gasteiger partial charge in [0, 0.05) is 30.9 Å². The lowest BCUT2D eigenvalue weighted by Gasteiger charge is -2.37. The molecule has 3 heterocycles. The summed E-state index contributed by atoms with van der Waals surface area (Å²) in [4.78, 5) is 57.3. The Bertz CT molecular complexity index is 1260. The molecule has 2 N–H and O–H groups in total. The molecule has 3 aliphatic heterocycles. The second-order valence-electron chi connectivity index (χ2n) is 11.5. The smallest absolute Gasteiger partial charge is 0.312 e. The molecule has 12 heteroatoms. The van der Waals surface area contributed by atoms with Gasteiger partial charge in [-0.2, -0.15) is 0 Å². The number of carbonyl (C=O) groups is 4. The zero-order valence-corrected chi connectivity index (χ0v) is 27.3. The number of hydrogen-bond acceptors (Lipinski definition) is 7. The second-order valence-corrected chi connectivity index (χ2v) is 13.1. The Morgan fingerprint density at radius 2 is 2.02 bits per heavy atom. The highest BCUT2D eigenvalue weighted by atomic mass is 79.9. The minimum absolute atomic E-state index is 0.0271. The van der Waals surface area contributed by atoms with Crippen LogP contribution in [0.25, 0.3) is 0 Å². The SMILES string of the molecule is C=CCCC(=O)NC[C@H](C)OC(=O)[C@H]1[C@@H]2O[C@@]3(CC2Br)[C@@H]1C(=O)N(CCCCCO)[C@@H]3C(=O)N(CC=C)c1ccccc1Cl. The van der Waals surface area contributed by atoms with Crippen molar-refractivity contribution >= 4 is 56.9 Å². The number of allylic oxidation sites excluding steroid dienone is 1. The highest BCUT2D eigenvalue weighted by Gasteiger charge is 2.77. The van der Waals surface area contributed by atoms with Crippen molar-refractivity contribution in [2.24, 2.45) is 11.8 Å². The summed E-state index contributed by atoms with van der Waals surface area (Å²) >= 11 is 10.2. The van der Waals surface area contributed by atoms with Gasteiger partial charge in [0.2, 0.25) is 11.8 Å². The van der Waals surface area contributed by atoms with Crippen LogP contribution in [0.3, 0.4) is 0 Å². The number of aliphatic hydroxyl groups excluding tert-OH is 1. The van der Waals surface area contributed by atoms with E-state index in [9.17, 15) is 24.3 Å². The zero-order chi connectivity index (χ0) is 32.0. The highest BCUT2D eigenvalue weighted by molar-refractivity contribution is 9.09. The number of benzene rings is 1. The predicted molar refractivity (Wildman–Crippen MR) is 170 cm³/mol. The van der Waals surface area contributed by atoms with Crippen LogP contribution in [0, 0.1) is 11.8 Å². The van der Waals surface area contributed by atoms with Gasteiger partial charge in [-0.25, -0.2) is 0 Å². The first-order valence-electron chi connectivity index (χ1n) is 15.1. The summed E-state index contributed by atoms with van der Waals surface area (Å²) in [6, 6.07) is 5.95. The van der Waals surface area contributed by atoms with E-state index in [1.165, 1.54) is 4.90 Å². The zero-order valence-electron chi connectivity index (χ0n) is 25.0. The molecule has 3 amide bonds. The number of anilines is 1. The van der Waals surface area contributed by atoms with Gasteiger partial charge >= 0.3 is 5.97 Å². The molecule has 4 rings (SSSR count). The van der Waals surface area contributed by atoms with E-state index >= 15 is 0 Å². The summed E-state index contributed by atoms with van der Waals surface area (Å²) in [6.45, 7) is 9.66. The number of nitrogens with one attached hydrogen (secondary N) is 1. The van der Waals surface area contributed by atoms with E-state index in [-0.39, 0.29) is 55.2 Å². The minimum atomic E-state index is -1.27. The normalized spacial score (nSPS) is 27.5. The van der Waals surface area contributed by atoms with Gasteiger partial charge < -0.3 is 29.7 Å². The Morgan fingerprint density at radius 1 is 1.27 bits per heavy atom. The van der Waals surface area contributed by atoms with Gasteiger partial charge in [0.25, 0.3) is 5.91 Å². The van der Waals surface area contributed by atoms with Crippen molar-refractivity contribution in [2.45, 2.75) is 74.1 Å². The molecule has 1 spiro atoms. The van der Waals surface area contributed by atoms with E-state index in [0.29, 0.717) is 42.8 Å². The Hall–Kier alpha value is -2.73. The fraction of sp³-hybridized carbons (Fsp3) is 0.562. The molecule has 3 aliphatic rings. The fourth-order valence-electron chi connectivity index (χ4n) is 6.64. The first kappa shape index (κ1) is 34.1. The van der Waals surface area contributed by atoms with Gasteiger partial charge in [0.05, 0.1) is 35.2 Å². The monoisotopic (exact) mass is 693 g/mol. The van der Waals surface area contributed by atoms with Gasteiger partial charge in [-0.1, -0.05) is 51.8 Å². The number of para-hydroxylation sites is 1. The maximum Gasteiger partial charge on any atom is 0.312 e. The number of ether oxygens (including phenoxy) is 2. The summed E-state index contributed by atoms with van der Waals surface area (Å²) in [5, 5.41) is 12.4. The maximum atomic E-state index is 14.6. The van der Waals surface area contributed by atoms with Gasteiger partial charge in [0.15, 0.2) is 0 Å². The number of unbranched alkanes of at least 4 members (excludes halogenated alkanes) is 2. The molecule has 1 aromatic carbocycles. The van der Waals surface area contributed by atoms with Crippen LogP contribution in [0.5, 0.6) is 0 Å². The molecule has 0 aromatic heterocycles. The quantitative estimate of drug-likeness (QED) is 0.117. The lowest BCUT2D eigenvalue weighted by Crippen LogP contribution is -2.57. The van der Waals surface area contributed by atoms with Crippen molar-refractivity contribution < 1.29 is 33.8 Å². The van der Waals surface area contributed by atoms with Crippen molar-refractivity contribution in [1.82, 2.24) is 10.2 Å². The molecule has 7 atom stereocenters. The number of fused-ring (bicyclic) bond motifs is 1. The fourth-order valence-corrected chi connectivity index (χ4v) is 7.82. The van der Waals surface area contributed by atoms with Gasteiger partial charge in [0.1, 0.15) is 17.7 Å². The molecule has 0 aliphatic carbocycles. The Morgan fingerprint density at radius 3 is 2.70 bits per heavy atom. The van der Waals surface area contributed by atoms with Crippen molar-refractivity contribution in [3.63, 3.8) is 0 Å². The Kier molecular flexibility index (Phi) is 11.7. The molecule has 3 saturated heterocycles. The number of amides is 3. The number of aliphatic hydroxyl groups is 1. The topological polar surface area (TPSA) is 125 Å². The molecular formula is C32H41BrClN3O7. The third kappa shape index (κ3) is 6.76. The molecule has 10 nitrogen and oxygen atoms in total. The largest absolute Gasteiger partial charge is 0.460 e. The molecule has 1 unspecified atom stereocenters. The number of hydrogen-bond donors (Lipinski definition) is 2. The van der Waals surface area contributed by atoms with Crippen molar-refractivity contribution in [3.8, 4) is 0 Å². The van der Waals surface area contributed by atoms with Crippen LogP contribution in [0.1, 0.15) is 45.4 Å². The van der Waals surface area contributed by atoms with Crippen LogP contribution in [-0.2, 0) is 28.7 Å². The lowest BCUT2D eigenvalue weighted by molar-refractivity contribution is -0.159. The molecule has 3 fully saturated rings. The van der Waals surface area contributed by atoms with Crippen LogP contribution < -0.4 is 10.2 Å². The molecular weight excluding hydrogens is 654 g/mol. The van der Waals surface area contributed by atoms with E-state index in [1.807, 2.05) is 0 Å². The minimum Gasteiger partial charge on any atom is -0.460 e. The summed E-state index contributed by atoms with van der Waals surface area (Å²) in [5.41, 5.74) is -0.786. The molecule has 0 radical (unpaired) electrons. The highest BCUT2D eigenvalue weighted by Crippen LogP contribution is 2.60. The standard InChI is InChI=1S/C32H41BrClN3O7/c1-4-6-14-24(39)35-19-20(3)43-31(42)25-26-29(40)37(16-10-7-11-17-38)28(32(26)18-21(33)27(25)44-32)30(41)36(15-5-2)23-13-9-8-12-22(23)34/h4-5,8-9,12-13,20-21,25-28,38H,1-2,6-7,10-11,14-19H2,3H3,(H,35,39)/t20-,21?,25+,26-,27+,28+,32-/m0/s1. The van der Waals surface area contributed by atoms with Gasteiger partial charge in [-0.3, -0.25) is 19.2 Å². The van der Waals surface area contributed by atoms with E-state index < -0.39 is 41.7 Å². The number of likely N-dealkylation sites (tertiary alicyclic amines) is 1. The average molecular weight is 695 g/mol. The number of halogens is 2. The second kappa shape index (κ2) is 15.0. The van der Waals surface area contributed by atoms with Crippen molar-refractivity contribution in [3.05, 3.63) is 54.6 Å². The average Bonchev–Trinajstić information content (AvgIpc) is 3.59. The van der Waals surface area contributed by atoms with Gasteiger partial charge in [-0.15, -0.1) is 13.2 Å². The Balaban J connectivity index is 1.64. The van der Waals surface area contributed by atoms with E-state index in [1.54, 1.807) is 48.2 Å². The van der Waals surface area contributed by atoms with Gasteiger partial charge in [-0.05, 0) is 51.2 Å². The maximum absolute atomic E-state index is 14.6. The summed E-state index contributed by atoms with van der Waals surface area (Å²) < 4.78 is 12.3. The van der Waals surface area contributed by atoms with Crippen molar-refractivity contribution in [2.75, 3.05) is 31.1 Å². The predicted octanol–water partition coefficient (Wildman–Crippen LogP) is 3.78. The van der Waals surface area contributed by atoms with Crippen LogP contribution in [-0.4, -0.2) is 88.6 Å². The molecule has 44 heavy (non-hydrogen) atoms. The molecule has 1 aromatic rings. The van der Waals surface area contributed by atoms with Crippen molar-refractivity contribution in [1.29, 1.82) is 0 Å². The molecule has 2 bridgehead atoms. The third-order valence-corrected chi connectivity index (χ3v) is 9.72. The number of alkyl halides is 1. The van der Waals surface area contributed by atoms with Crippen LogP contribution in [0.4, 0.5) is 5.69 Å². The lowest BCUT2D eigenvalue weighted by atomic mass is 9.70. The Labute approximate surface area is 271 Å². The summed E-state index contributed by atoms with van der Waals surface area (Å²) in [7, 11) is 0. The third-order valence-electron chi connectivity index (χ3n) is 8.55. The number of rotatable bonds is 16. The summed E-state index contributed by atoms with van der Waals surface area (Å²) in [6.07, 6.45) is 4.88. The van der Waals surface area contributed by atoms with E-state index in [4.69, 9.17) is 21.1 Å². The molecule has 240 valence electrons. The first-order valence-corrected chi connectivity index (χ1v) is 16.4. The number of nitrogens with zero attached hydrogens (tertiary/aromatic N) is 2. The molecule has 0 saturated carbocycles. The first-order chi connectivity index (χ1) is 21.1. The van der Waals surface area contributed by atoms with Crippen LogP contribution >= 0.6 is 27.5 Å². The van der Waals surface area contributed by atoms with Crippen LogP contribution in [0.15, 0.2) is 49.6 Å².